The average molecular weight is 263 g/mol. The molecule has 19 heavy (non-hydrogen) atoms. The lowest BCUT2D eigenvalue weighted by molar-refractivity contribution is -0.116. The summed E-state index contributed by atoms with van der Waals surface area (Å²) in [5.41, 5.74) is 2.17. The second-order valence-corrected chi connectivity index (χ2v) is 4.91. The van der Waals surface area contributed by atoms with Crippen LogP contribution in [0, 0.1) is 0 Å². The number of ketones is 1. The molecule has 4 nitrogen and oxygen atoms in total. The van der Waals surface area contributed by atoms with Gasteiger partial charge in [0.2, 0.25) is 0 Å². The highest BCUT2D eigenvalue weighted by Crippen LogP contribution is 2.22. The fraction of sp³-hybridized carbons (Fsp3) is 0.533. The molecule has 0 saturated carbocycles. The van der Waals surface area contributed by atoms with E-state index >= 15 is 0 Å². The van der Waals surface area contributed by atoms with E-state index in [-0.39, 0.29) is 5.78 Å². The summed E-state index contributed by atoms with van der Waals surface area (Å²) in [7, 11) is 1.68. The summed E-state index contributed by atoms with van der Waals surface area (Å²) in [6.07, 6.45) is 0.466. The molecule has 0 N–H and O–H groups in total. The molecule has 0 aromatic heterocycles. The SMILES string of the molecule is COc1cc(CC(C)=O)ccc1CN1CCOCC1. The van der Waals surface area contributed by atoms with Crippen molar-refractivity contribution in [3.05, 3.63) is 29.3 Å². The molecule has 1 saturated heterocycles. The van der Waals surface area contributed by atoms with E-state index in [0.717, 1.165) is 49.7 Å². The molecular formula is C15H21NO3. The molecule has 0 atom stereocenters. The van der Waals surface area contributed by atoms with Gasteiger partial charge in [0.05, 0.1) is 20.3 Å². The lowest BCUT2D eigenvalue weighted by Gasteiger charge is -2.27. The number of ether oxygens (including phenoxy) is 2. The topological polar surface area (TPSA) is 38.8 Å². The van der Waals surface area contributed by atoms with E-state index < -0.39 is 0 Å². The Bertz CT molecular complexity index is 439. The molecule has 0 bridgehead atoms. The maximum Gasteiger partial charge on any atom is 0.134 e. The first-order valence-electron chi connectivity index (χ1n) is 6.64. The van der Waals surface area contributed by atoms with Gasteiger partial charge >= 0.3 is 0 Å². The molecule has 1 heterocycles. The molecule has 2 rings (SSSR count). The second-order valence-electron chi connectivity index (χ2n) is 4.91. The van der Waals surface area contributed by atoms with E-state index in [4.69, 9.17) is 9.47 Å². The highest BCUT2D eigenvalue weighted by atomic mass is 16.5. The molecule has 0 aliphatic carbocycles. The Balaban J connectivity index is 2.08. The maximum absolute atomic E-state index is 11.2. The van der Waals surface area contributed by atoms with Gasteiger partial charge in [-0.25, -0.2) is 0 Å². The summed E-state index contributed by atoms with van der Waals surface area (Å²) in [6.45, 7) is 5.98. The number of benzene rings is 1. The number of morpholine rings is 1. The number of hydrogen-bond donors (Lipinski definition) is 0. The molecule has 0 amide bonds. The monoisotopic (exact) mass is 263 g/mol. The maximum atomic E-state index is 11.2. The largest absolute Gasteiger partial charge is 0.496 e. The summed E-state index contributed by atoms with van der Waals surface area (Å²) >= 11 is 0. The number of carbonyl (C=O) groups excluding carboxylic acids is 1. The Hall–Kier alpha value is -1.39. The van der Waals surface area contributed by atoms with E-state index in [0.29, 0.717) is 6.42 Å². The smallest absolute Gasteiger partial charge is 0.134 e. The molecular weight excluding hydrogens is 242 g/mol. The van der Waals surface area contributed by atoms with E-state index in [1.54, 1.807) is 14.0 Å². The fourth-order valence-corrected chi connectivity index (χ4v) is 2.32. The van der Waals surface area contributed by atoms with Crippen LogP contribution in [0.1, 0.15) is 18.1 Å². The minimum Gasteiger partial charge on any atom is -0.496 e. The zero-order valence-electron chi connectivity index (χ0n) is 11.6. The molecule has 0 unspecified atom stereocenters. The van der Waals surface area contributed by atoms with E-state index in [2.05, 4.69) is 11.0 Å². The molecule has 1 fully saturated rings. The number of rotatable bonds is 5. The molecule has 104 valence electrons. The lowest BCUT2D eigenvalue weighted by Crippen LogP contribution is -2.35. The first kappa shape index (κ1) is 14.0. The van der Waals surface area contributed by atoms with Crippen LogP contribution in [-0.2, 0) is 22.5 Å². The van der Waals surface area contributed by atoms with Crippen molar-refractivity contribution < 1.29 is 14.3 Å². The van der Waals surface area contributed by atoms with Crippen molar-refractivity contribution in [2.45, 2.75) is 19.9 Å². The van der Waals surface area contributed by atoms with Gasteiger partial charge in [-0.3, -0.25) is 9.69 Å². The molecule has 0 spiro atoms. The van der Waals surface area contributed by atoms with E-state index in [1.807, 2.05) is 12.1 Å². The van der Waals surface area contributed by atoms with E-state index in [9.17, 15) is 4.79 Å². The summed E-state index contributed by atoms with van der Waals surface area (Å²) in [4.78, 5) is 13.5. The minimum atomic E-state index is 0.169. The Labute approximate surface area is 114 Å². The quantitative estimate of drug-likeness (QED) is 0.810. The number of nitrogens with zero attached hydrogens (tertiary/aromatic N) is 1. The van der Waals surface area contributed by atoms with Gasteiger partial charge in [0, 0.05) is 31.6 Å². The van der Waals surface area contributed by atoms with Gasteiger partial charge in [0.25, 0.3) is 0 Å². The third-order valence-corrected chi connectivity index (χ3v) is 3.30. The van der Waals surface area contributed by atoms with Gasteiger partial charge in [0.1, 0.15) is 11.5 Å². The van der Waals surface area contributed by atoms with Crippen LogP contribution < -0.4 is 4.74 Å². The number of hydrogen-bond acceptors (Lipinski definition) is 4. The molecule has 1 aromatic rings. The van der Waals surface area contributed by atoms with Crippen molar-refractivity contribution in [1.82, 2.24) is 4.90 Å². The molecule has 1 aliphatic rings. The van der Waals surface area contributed by atoms with Crippen molar-refractivity contribution in [1.29, 1.82) is 0 Å². The third-order valence-electron chi connectivity index (χ3n) is 3.30. The highest BCUT2D eigenvalue weighted by molar-refractivity contribution is 5.78. The summed E-state index contributed by atoms with van der Waals surface area (Å²) in [5.74, 6) is 1.04. The molecule has 4 heteroatoms. The zero-order valence-corrected chi connectivity index (χ0v) is 11.6. The van der Waals surface area contributed by atoms with Crippen LogP contribution in [0.3, 0.4) is 0 Å². The standard InChI is InChI=1S/C15H21NO3/c1-12(17)9-13-3-4-14(15(10-13)18-2)11-16-5-7-19-8-6-16/h3-4,10H,5-9,11H2,1-2H3. The number of methoxy groups -OCH3 is 1. The van der Waals surface area contributed by atoms with Gasteiger partial charge in [0.15, 0.2) is 0 Å². The van der Waals surface area contributed by atoms with Gasteiger partial charge < -0.3 is 9.47 Å². The summed E-state index contributed by atoms with van der Waals surface area (Å²) < 4.78 is 10.8. The van der Waals surface area contributed by atoms with Crippen molar-refractivity contribution in [2.24, 2.45) is 0 Å². The fourth-order valence-electron chi connectivity index (χ4n) is 2.32. The van der Waals surface area contributed by atoms with Crippen LogP contribution in [0.25, 0.3) is 0 Å². The summed E-state index contributed by atoms with van der Waals surface area (Å²) in [5, 5.41) is 0. The van der Waals surface area contributed by atoms with Crippen LogP contribution in [0.4, 0.5) is 0 Å². The van der Waals surface area contributed by atoms with Gasteiger partial charge in [-0.05, 0) is 18.6 Å². The Kier molecular flexibility index (Phi) is 4.93. The highest BCUT2D eigenvalue weighted by Gasteiger charge is 2.13. The molecule has 0 radical (unpaired) electrons. The van der Waals surface area contributed by atoms with Gasteiger partial charge in [-0.2, -0.15) is 0 Å². The lowest BCUT2D eigenvalue weighted by atomic mass is 10.1. The van der Waals surface area contributed by atoms with Crippen molar-refractivity contribution in [2.75, 3.05) is 33.4 Å². The predicted octanol–water partition coefficient (Wildman–Crippen LogP) is 1.66. The van der Waals surface area contributed by atoms with Crippen LogP contribution in [0.15, 0.2) is 18.2 Å². The third kappa shape index (κ3) is 4.04. The van der Waals surface area contributed by atoms with Crippen molar-refractivity contribution >= 4 is 5.78 Å². The Morgan fingerprint density at radius 1 is 1.37 bits per heavy atom. The van der Waals surface area contributed by atoms with Crippen molar-refractivity contribution in [3.8, 4) is 5.75 Å². The zero-order chi connectivity index (χ0) is 13.7. The predicted molar refractivity (Wildman–Crippen MR) is 73.5 cm³/mol. The van der Waals surface area contributed by atoms with E-state index in [1.165, 1.54) is 0 Å². The van der Waals surface area contributed by atoms with Crippen LogP contribution >= 0.6 is 0 Å². The average Bonchev–Trinajstić information content (AvgIpc) is 2.41. The summed E-state index contributed by atoms with van der Waals surface area (Å²) in [6, 6.07) is 6.05. The Morgan fingerprint density at radius 3 is 2.74 bits per heavy atom. The molecule has 1 aliphatic heterocycles. The van der Waals surface area contributed by atoms with Crippen LogP contribution in [0.5, 0.6) is 5.75 Å². The first-order valence-corrected chi connectivity index (χ1v) is 6.64. The first-order chi connectivity index (χ1) is 9.19. The van der Waals surface area contributed by atoms with Crippen LogP contribution in [0.2, 0.25) is 0 Å². The normalized spacial score (nSPS) is 16.3. The van der Waals surface area contributed by atoms with Crippen molar-refractivity contribution in [3.63, 3.8) is 0 Å². The van der Waals surface area contributed by atoms with Crippen LogP contribution in [-0.4, -0.2) is 44.1 Å². The second kappa shape index (κ2) is 6.68. The molecule has 1 aromatic carbocycles. The minimum absolute atomic E-state index is 0.169. The Morgan fingerprint density at radius 2 is 2.11 bits per heavy atom. The van der Waals surface area contributed by atoms with Gasteiger partial charge in [-0.1, -0.05) is 12.1 Å². The van der Waals surface area contributed by atoms with Gasteiger partial charge in [-0.15, -0.1) is 0 Å². The number of carbonyl (C=O) groups is 1. The number of Topliss-reactive ketones (excluding diaryl/α,β-unsaturated/α-hetero) is 1.